The van der Waals surface area contributed by atoms with Gasteiger partial charge >= 0.3 is 0 Å². The summed E-state index contributed by atoms with van der Waals surface area (Å²) in [6, 6.07) is 7.70. The van der Waals surface area contributed by atoms with Crippen molar-refractivity contribution < 1.29 is 9.84 Å². The van der Waals surface area contributed by atoms with Crippen LogP contribution in [0.4, 0.5) is 0 Å². The van der Waals surface area contributed by atoms with E-state index in [9.17, 15) is 5.11 Å². The lowest BCUT2D eigenvalue weighted by atomic mass is 10.0. The summed E-state index contributed by atoms with van der Waals surface area (Å²) in [5, 5.41) is 10.1. The molecule has 0 aliphatic heterocycles. The number of rotatable bonds is 3. The normalized spacial score (nSPS) is 19.1. The van der Waals surface area contributed by atoms with Crippen molar-refractivity contribution in [2.24, 2.45) is 0 Å². The average Bonchev–Trinajstić information content (AvgIpc) is 2.63. The van der Waals surface area contributed by atoms with E-state index in [1.54, 1.807) is 0 Å². The van der Waals surface area contributed by atoms with Gasteiger partial charge < -0.3 is 9.84 Å². The summed E-state index contributed by atoms with van der Waals surface area (Å²) in [4.78, 5) is 0. The molecule has 0 atom stereocenters. The van der Waals surface area contributed by atoms with E-state index in [0.717, 1.165) is 35.9 Å². The molecule has 2 nitrogen and oxygen atoms in total. The highest BCUT2D eigenvalue weighted by molar-refractivity contribution is 9.10. The number of halogens is 1. The number of aliphatic hydroxyl groups is 1. The lowest BCUT2D eigenvalue weighted by Crippen LogP contribution is -2.32. The van der Waals surface area contributed by atoms with E-state index < -0.39 is 5.60 Å². The molecule has 0 unspecified atom stereocenters. The summed E-state index contributed by atoms with van der Waals surface area (Å²) in [6.07, 6.45) is 3.94. The molecule has 1 aromatic carbocycles. The van der Waals surface area contributed by atoms with Gasteiger partial charge in [-0.1, -0.05) is 34.8 Å². The molecular formula is C12H15BrO2. The van der Waals surface area contributed by atoms with Crippen LogP contribution >= 0.6 is 15.9 Å². The van der Waals surface area contributed by atoms with Crippen molar-refractivity contribution >= 4 is 15.9 Å². The summed E-state index contributed by atoms with van der Waals surface area (Å²) >= 11 is 3.39. The van der Waals surface area contributed by atoms with Gasteiger partial charge in [0.1, 0.15) is 12.4 Å². The zero-order valence-electron chi connectivity index (χ0n) is 8.58. The molecule has 1 aliphatic carbocycles. The van der Waals surface area contributed by atoms with Crippen LogP contribution in [0.2, 0.25) is 0 Å². The second-order valence-corrected chi connectivity index (χ2v) is 5.09. The van der Waals surface area contributed by atoms with Gasteiger partial charge in [-0.15, -0.1) is 0 Å². The first kappa shape index (κ1) is 11.0. The van der Waals surface area contributed by atoms with Crippen molar-refractivity contribution in [3.8, 4) is 5.75 Å². The molecule has 82 valence electrons. The SMILES string of the molecule is OC1(COc2cccc(Br)c2)CCCC1. The van der Waals surface area contributed by atoms with E-state index in [2.05, 4.69) is 15.9 Å². The fourth-order valence-corrected chi connectivity index (χ4v) is 2.33. The van der Waals surface area contributed by atoms with Gasteiger partial charge in [0.05, 0.1) is 5.60 Å². The largest absolute Gasteiger partial charge is 0.491 e. The molecule has 2 rings (SSSR count). The van der Waals surface area contributed by atoms with Crippen LogP contribution in [0.25, 0.3) is 0 Å². The maximum Gasteiger partial charge on any atom is 0.120 e. The van der Waals surface area contributed by atoms with E-state index >= 15 is 0 Å². The molecule has 1 fully saturated rings. The van der Waals surface area contributed by atoms with Crippen LogP contribution in [0.3, 0.4) is 0 Å². The number of ether oxygens (including phenoxy) is 1. The Morgan fingerprint density at radius 1 is 1.33 bits per heavy atom. The first-order valence-corrected chi connectivity index (χ1v) is 6.08. The zero-order chi connectivity index (χ0) is 10.7. The van der Waals surface area contributed by atoms with E-state index in [0.29, 0.717) is 6.61 Å². The van der Waals surface area contributed by atoms with Crippen LogP contribution < -0.4 is 4.74 Å². The summed E-state index contributed by atoms with van der Waals surface area (Å²) in [6.45, 7) is 0.406. The summed E-state index contributed by atoms with van der Waals surface area (Å²) in [7, 11) is 0. The maximum absolute atomic E-state index is 10.1. The molecule has 0 spiro atoms. The molecule has 0 heterocycles. The molecule has 15 heavy (non-hydrogen) atoms. The van der Waals surface area contributed by atoms with Crippen LogP contribution in [0, 0.1) is 0 Å². The second-order valence-electron chi connectivity index (χ2n) is 4.18. The third-order valence-corrected chi connectivity index (χ3v) is 3.33. The molecule has 1 saturated carbocycles. The Morgan fingerprint density at radius 2 is 2.07 bits per heavy atom. The minimum absolute atomic E-state index is 0.406. The van der Waals surface area contributed by atoms with Crippen molar-refractivity contribution in [2.45, 2.75) is 31.3 Å². The molecule has 0 radical (unpaired) electrons. The molecule has 1 aromatic rings. The average molecular weight is 271 g/mol. The molecule has 0 bridgehead atoms. The van der Waals surface area contributed by atoms with Crippen LogP contribution in [-0.2, 0) is 0 Å². The highest BCUT2D eigenvalue weighted by Crippen LogP contribution is 2.30. The van der Waals surface area contributed by atoms with Crippen LogP contribution in [0.1, 0.15) is 25.7 Å². The molecule has 1 N–H and O–H groups in total. The summed E-state index contributed by atoms with van der Waals surface area (Å²) in [5.41, 5.74) is -0.595. The third-order valence-electron chi connectivity index (χ3n) is 2.84. The third kappa shape index (κ3) is 2.95. The molecule has 3 heteroatoms. The Kier molecular flexibility index (Phi) is 3.32. The minimum Gasteiger partial charge on any atom is -0.491 e. The van der Waals surface area contributed by atoms with Crippen molar-refractivity contribution in [2.75, 3.05) is 6.61 Å². The lowest BCUT2D eigenvalue weighted by molar-refractivity contribution is 0.00139. The van der Waals surface area contributed by atoms with Gasteiger partial charge in [-0.3, -0.25) is 0 Å². The monoisotopic (exact) mass is 270 g/mol. The molecule has 1 aliphatic rings. The predicted octanol–water partition coefficient (Wildman–Crippen LogP) is 3.13. The van der Waals surface area contributed by atoms with Gasteiger partial charge in [0, 0.05) is 4.47 Å². The number of hydrogen-bond donors (Lipinski definition) is 1. The van der Waals surface area contributed by atoms with Gasteiger partial charge in [0.25, 0.3) is 0 Å². The van der Waals surface area contributed by atoms with Gasteiger partial charge in [0.2, 0.25) is 0 Å². The Bertz CT molecular complexity index is 332. The highest BCUT2D eigenvalue weighted by atomic mass is 79.9. The van der Waals surface area contributed by atoms with Crippen LogP contribution in [0.5, 0.6) is 5.75 Å². The van der Waals surface area contributed by atoms with Crippen molar-refractivity contribution in [1.82, 2.24) is 0 Å². The minimum atomic E-state index is -0.595. The Labute approximate surface area is 98.4 Å². The van der Waals surface area contributed by atoms with Gasteiger partial charge in [0.15, 0.2) is 0 Å². The van der Waals surface area contributed by atoms with Crippen LogP contribution in [0.15, 0.2) is 28.7 Å². The first-order valence-electron chi connectivity index (χ1n) is 5.29. The van der Waals surface area contributed by atoms with Crippen molar-refractivity contribution in [1.29, 1.82) is 0 Å². The first-order chi connectivity index (χ1) is 7.18. The fraction of sp³-hybridized carbons (Fsp3) is 0.500. The van der Waals surface area contributed by atoms with Gasteiger partial charge in [-0.2, -0.15) is 0 Å². The van der Waals surface area contributed by atoms with Gasteiger partial charge in [-0.25, -0.2) is 0 Å². The zero-order valence-corrected chi connectivity index (χ0v) is 10.2. The molecule has 0 saturated heterocycles. The summed E-state index contributed by atoms with van der Waals surface area (Å²) in [5.74, 6) is 0.810. The van der Waals surface area contributed by atoms with Crippen molar-refractivity contribution in [3.63, 3.8) is 0 Å². The number of hydrogen-bond acceptors (Lipinski definition) is 2. The van der Waals surface area contributed by atoms with Crippen LogP contribution in [-0.4, -0.2) is 17.3 Å². The fourth-order valence-electron chi connectivity index (χ4n) is 1.95. The van der Waals surface area contributed by atoms with Gasteiger partial charge in [-0.05, 0) is 31.0 Å². The molecule has 0 aromatic heterocycles. The Hall–Kier alpha value is -0.540. The predicted molar refractivity (Wildman–Crippen MR) is 63.1 cm³/mol. The molecule has 0 amide bonds. The topological polar surface area (TPSA) is 29.5 Å². The van der Waals surface area contributed by atoms with E-state index in [1.807, 2.05) is 24.3 Å². The lowest BCUT2D eigenvalue weighted by Gasteiger charge is -2.22. The van der Waals surface area contributed by atoms with E-state index in [4.69, 9.17) is 4.74 Å². The highest BCUT2D eigenvalue weighted by Gasteiger charge is 2.31. The second kappa shape index (κ2) is 4.54. The molecular weight excluding hydrogens is 256 g/mol. The van der Waals surface area contributed by atoms with Crippen molar-refractivity contribution in [3.05, 3.63) is 28.7 Å². The quantitative estimate of drug-likeness (QED) is 0.915. The van der Waals surface area contributed by atoms with E-state index in [1.165, 1.54) is 0 Å². The number of benzene rings is 1. The van der Waals surface area contributed by atoms with E-state index in [-0.39, 0.29) is 0 Å². The maximum atomic E-state index is 10.1. The Balaban J connectivity index is 1.92. The Morgan fingerprint density at radius 3 is 2.73 bits per heavy atom. The summed E-state index contributed by atoms with van der Waals surface area (Å²) < 4.78 is 6.59. The smallest absolute Gasteiger partial charge is 0.120 e. The standard InChI is InChI=1S/C12H15BrO2/c13-10-4-3-5-11(8-10)15-9-12(14)6-1-2-7-12/h3-5,8,14H,1-2,6-7,9H2.